The van der Waals surface area contributed by atoms with Crippen LogP contribution < -0.4 is 10.5 Å². The summed E-state index contributed by atoms with van der Waals surface area (Å²) < 4.78 is 33.9. The van der Waals surface area contributed by atoms with Crippen molar-refractivity contribution < 1.29 is 32.4 Å². The van der Waals surface area contributed by atoms with Crippen molar-refractivity contribution >= 4 is 13.1 Å². The van der Waals surface area contributed by atoms with Crippen LogP contribution in [0.5, 0.6) is 5.75 Å². The third-order valence-corrected chi connectivity index (χ3v) is 4.36. The van der Waals surface area contributed by atoms with E-state index in [0.29, 0.717) is 5.56 Å². The van der Waals surface area contributed by atoms with Crippen molar-refractivity contribution in [1.29, 1.82) is 0 Å². The number of halogens is 1. The van der Waals surface area contributed by atoms with Gasteiger partial charge in [-0.2, -0.15) is 0 Å². The predicted molar refractivity (Wildman–Crippen MR) is 77.2 cm³/mol. The zero-order chi connectivity index (χ0) is 17.0. The van der Waals surface area contributed by atoms with E-state index in [1.807, 2.05) is 0 Å². The minimum atomic E-state index is -1.06. The van der Waals surface area contributed by atoms with E-state index in [4.69, 9.17) is 13.8 Å². The Morgan fingerprint density at radius 3 is 2.96 bits per heavy atom. The lowest BCUT2D eigenvalue weighted by molar-refractivity contribution is 0.0434. The van der Waals surface area contributed by atoms with E-state index in [9.17, 15) is 19.0 Å². The van der Waals surface area contributed by atoms with Crippen molar-refractivity contribution in [3.05, 3.63) is 51.2 Å². The normalized spacial score (nSPS) is 20.9. The summed E-state index contributed by atoms with van der Waals surface area (Å²) >= 11 is 0. The number of aryl methyl sites for hydroxylation is 1. The molecule has 24 heavy (non-hydrogen) atoms. The fraction of sp³-hybridized carbons (Fsp3) is 0.333. The minimum absolute atomic E-state index is 0.0108. The van der Waals surface area contributed by atoms with Crippen molar-refractivity contribution in [1.82, 2.24) is 0 Å². The molecule has 2 atom stereocenters. The third kappa shape index (κ3) is 2.32. The van der Waals surface area contributed by atoms with E-state index in [1.54, 1.807) is 6.07 Å². The van der Waals surface area contributed by atoms with Crippen molar-refractivity contribution in [3.8, 4) is 5.75 Å². The van der Waals surface area contributed by atoms with Crippen LogP contribution in [-0.4, -0.2) is 18.1 Å². The van der Waals surface area contributed by atoms with Crippen LogP contribution in [0, 0.1) is 12.7 Å². The summed E-state index contributed by atoms with van der Waals surface area (Å²) in [6, 6.07) is 2.73. The predicted octanol–water partition coefficient (Wildman–Crippen LogP) is 1.77. The quantitative estimate of drug-likeness (QED) is 0.674. The molecule has 9 heteroatoms. The van der Waals surface area contributed by atoms with Gasteiger partial charge < -0.3 is 23.2 Å². The molecule has 0 unspecified atom stereocenters. The first-order chi connectivity index (χ1) is 11.5. The van der Waals surface area contributed by atoms with Gasteiger partial charge in [-0.3, -0.25) is 0 Å². The smallest absolute Gasteiger partial charge is 0.526 e. The van der Waals surface area contributed by atoms with E-state index in [-0.39, 0.29) is 41.2 Å². The number of ether oxygens (including phenoxy) is 1. The van der Waals surface area contributed by atoms with E-state index in [2.05, 4.69) is 4.42 Å². The first kappa shape index (κ1) is 15.0. The molecule has 4 rings (SSSR count). The summed E-state index contributed by atoms with van der Waals surface area (Å²) in [5.41, 5.74) is 0.310. The highest BCUT2D eigenvalue weighted by Crippen LogP contribution is 2.60. The van der Waals surface area contributed by atoms with Gasteiger partial charge in [0, 0.05) is 5.82 Å². The Balaban J connectivity index is 1.62. The minimum Gasteiger partial charge on any atom is -0.535 e. The molecule has 0 saturated heterocycles. The molecule has 1 aliphatic heterocycles. The number of benzene rings is 1. The maximum absolute atomic E-state index is 14.2. The van der Waals surface area contributed by atoms with Crippen LogP contribution in [0.2, 0.25) is 5.82 Å². The Hall–Kier alpha value is -2.55. The fourth-order valence-corrected chi connectivity index (χ4v) is 2.99. The Bertz CT molecular complexity index is 886. The summed E-state index contributed by atoms with van der Waals surface area (Å²) in [5, 5.41) is 9.85. The molecule has 0 bridgehead atoms. The molecule has 1 N–H and O–H groups in total. The van der Waals surface area contributed by atoms with Crippen LogP contribution in [0.3, 0.4) is 0 Å². The first-order valence-electron chi connectivity index (χ1n) is 7.39. The maximum atomic E-state index is 14.2. The Morgan fingerprint density at radius 1 is 1.46 bits per heavy atom. The number of carbonyl (C=O) groups excluding carboxylic acids is 1. The molecule has 124 valence electrons. The van der Waals surface area contributed by atoms with Crippen LogP contribution in [0.15, 0.2) is 25.8 Å². The molecule has 7 nitrogen and oxygen atoms in total. The third-order valence-electron chi connectivity index (χ3n) is 4.36. The van der Waals surface area contributed by atoms with Crippen molar-refractivity contribution in [2.75, 3.05) is 0 Å². The van der Waals surface area contributed by atoms with Crippen LogP contribution in [0.25, 0.3) is 0 Å². The highest BCUT2D eigenvalue weighted by Gasteiger charge is 2.54. The van der Waals surface area contributed by atoms with Gasteiger partial charge >= 0.3 is 18.9 Å². The molecule has 2 aliphatic rings. The van der Waals surface area contributed by atoms with Gasteiger partial charge in [0.15, 0.2) is 18.1 Å². The van der Waals surface area contributed by atoms with Gasteiger partial charge in [0.1, 0.15) is 17.1 Å². The van der Waals surface area contributed by atoms with Crippen LogP contribution >= 0.6 is 0 Å². The SMILES string of the molecule is Cc1oc(=O)oc1COC(=O)c1c(F)ccc2c1OB(O)[C@@H]1C[C@H]21. The largest absolute Gasteiger partial charge is 0.535 e. The van der Waals surface area contributed by atoms with Gasteiger partial charge in [0.05, 0.1) is 0 Å². The topological polar surface area (TPSA) is 99.1 Å². The molecule has 1 saturated carbocycles. The number of hydrogen-bond donors (Lipinski definition) is 1. The second kappa shape index (κ2) is 5.24. The lowest BCUT2D eigenvalue weighted by Crippen LogP contribution is -2.28. The Kier molecular flexibility index (Phi) is 3.27. The average molecular weight is 334 g/mol. The molecule has 0 radical (unpaired) electrons. The molecule has 1 aliphatic carbocycles. The number of esters is 1. The second-order valence-electron chi connectivity index (χ2n) is 5.86. The summed E-state index contributed by atoms with van der Waals surface area (Å²) in [6.07, 6.45) is 0.730. The Morgan fingerprint density at radius 2 is 2.25 bits per heavy atom. The van der Waals surface area contributed by atoms with Gasteiger partial charge in [0.2, 0.25) is 0 Å². The highest BCUT2D eigenvalue weighted by molar-refractivity contribution is 6.48. The average Bonchev–Trinajstić information content (AvgIpc) is 3.26. The number of carbonyl (C=O) groups is 1. The summed E-state index contributed by atoms with van der Waals surface area (Å²) in [4.78, 5) is 23.2. The van der Waals surface area contributed by atoms with Crippen LogP contribution in [-0.2, 0) is 11.3 Å². The van der Waals surface area contributed by atoms with Crippen molar-refractivity contribution in [3.63, 3.8) is 0 Å². The van der Waals surface area contributed by atoms with Crippen molar-refractivity contribution in [2.24, 2.45) is 0 Å². The van der Waals surface area contributed by atoms with Gasteiger partial charge in [-0.1, -0.05) is 6.07 Å². The standard InChI is InChI=1S/C15H12BFO7/c1-6-11(23-15(19)22-6)5-21-14(18)12-10(17)3-2-7-8-4-9(8)16(20)24-13(7)12/h2-3,8-9,20H,4-5H2,1H3/t8-,9-/m1/s1. The van der Waals surface area contributed by atoms with Gasteiger partial charge in [-0.15, -0.1) is 0 Å². The maximum Gasteiger partial charge on any atom is 0.526 e. The second-order valence-corrected chi connectivity index (χ2v) is 5.86. The lowest BCUT2D eigenvalue weighted by atomic mass is 9.77. The summed E-state index contributed by atoms with van der Waals surface area (Å²) in [7, 11) is -1.06. The molecule has 1 aromatic heterocycles. The van der Waals surface area contributed by atoms with Gasteiger partial charge in [0.25, 0.3) is 0 Å². The van der Waals surface area contributed by atoms with E-state index >= 15 is 0 Å². The van der Waals surface area contributed by atoms with E-state index < -0.39 is 24.7 Å². The Labute approximate surface area is 135 Å². The lowest BCUT2D eigenvalue weighted by Gasteiger charge is -2.21. The molecule has 2 heterocycles. The van der Waals surface area contributed by atoms with E-state index in [0.717, 1.165) is 6.42 Å². The van der Waals surface area contributed by atoms with E-state index in [1.165, 1.54) is 13.0 Å². The van der Waals surface area contributed by atoms with Gasteiger partial charge in [-0.25, -0.2) is 14.0 Å². The molecule has 1 fully saturated rings. The molecular formula is C15H12BFO7. The number of hydrogen-bond acceptors (Lipinski definition) is 7. The molecule has 1 aromatic carbocycles. The molecule has 0 spiro atoms. The summed E-state index contributed by atoms with van der Waals surface area (Å²) in [6.45, 7) is 1.10. The zero-order valence-electron chi connectivity index (χ0n) is 12.6. The number of rotatable bonds is 3. The van der Waals surface area contributed by atoms with Crippen LogP contribution in [0.4, 0.5) is 4.39 Å². The highest BCUT2D eigenvalue weighted by atomic mass is 19.1. The zero-order valence-corrected chi connectivity index (χ0v) is 12.6. The monoisotopic (exact) mass is 334 g/mol. The molecule has 0 amide bonds. The molecule has 2 aromatic rings. The van der Waals surface area contributed by atoms with Gasteiger partial charge in [-0.05, 0) is 30.9 Å². The number of fused-ring (bicyclic) bond motifs is 3. The van der Waals surface area contributed by atoms with Crippen LogP contribution in [0.1, 0.15) is 39.8 Å². The summed E-state index contributed by atoms with van der Waals surface area (Å²) in [5.74, 6) is -2.42. The first-order valence-corrected chi connectivity index (χ1v) is 7.39. The fourth-order valence-electron chi connectivity index (χ4n) is 2.99. The molecular weight excluding hydrogens is 322 g/mol. The van der Waals surface area contributed by atoms with Crippen molar-refractivity contribution in [2.45, 2.75) is 31.7 Å².